The second-order valence-electron chi connectivity index (χ2n) is 3.74. The first-order valence-corrected chi connectivity index (χ1v) is 5.08. The Balaban J connectivity index is 2.45. The van der Waals surface area contributed by atoms with Crippen LogP contribution >= 0.6 is 0 Å². The minimum absolute atomic E-state index is 0.280. The summed E-state index contributed by atoms with van der Waals surface area (Å²) >= 11 is 0. The number of hydrogen-bond acceptors (Lipinski definition) is 2. The molecule has 3 heteroatoms. The first-order valence-electron chi connectivity index (χ1n) is 5.08. The number of nitrogens with zero attached hydrogens (tertiary/aromatic N) is 1. The van der Waals surface area contributed by atoms with E-state index in [2.05, 4.69) is 18.7 Å². The van der Waals surface area contributed by atoms with Gasteiger partial charge in [-0.2, -0.15) is 0 Å². The van der Waals surface area contributed by atoms with Crippen molar-refractivity contribution in [1.82, 2.24) is 4.90 Å². The Morgan fingerprint density at radius 1 is 1.62 bits per heavy atom. The van der Waals surface area contributed by atoms with Crippen molar-refractivity contribution in [2.45, 2.75) is 45.3 Å². The molecular weight excluding hydrogens is 164 g/mol. The number of hydrogen-bond donors (Lipinski definition) is 1. The lowest BCUT2D eigenvalue weighted by molar-refractivity contribution is 0.0993. The van der Waals surface area contributed by atoms with Crippen molar-refractivity contribution >= 4 is 5.84 Å². The summed E-state index contributed by atoms with van der Waals surface area (Å²) in [5.74, 6) is 0.741. The third kappa shape index (κ3) is 2.44. The van der Waals surface area contributed by atoms with Gasteiger partial charge in [0.2, 0.25) is 0 Å². The second kappa shape index (κ2) is 4.61. The molecule has 2 unspecified atom stereocenters. The standard InChI is InChI=1S/C10H20N2O/c1-4-5-10(11)12(3)9-6-7-13-8(9)2/h8-9,11H,4-7H2,1-3H3. The van der Waals surface area contributed by atoms with Gasteiger partial charge in [0, 0.05) is 20.1 Å². The van der Waals surface area contributed by atoms with Crippen LogP contribution < -0.4 is 0 Å². The Morgan fingerprint density at radius 2 is 2.31 bits per heavy atom. The van der Waals surface area contributed by atoms with Gasteiger partial charge < -0.3 is 9.64 Å². The van der Waals surface area contributed by atoms with Crippen LogP contribution in [0.25, 0.3) is 0 Å². The van der Waals surface area contributed by atoms with E-state index in [4.69, 9.17) is 10.1 Å². The third-order valence-corrected chi connectivity index (χ3v) is 2.75. The zero-order chi connectivity index (χ0) is 9.84. The lowest BCUT2D eigenvalue weighted by Gasteiger charge is -2.28. The summed E-state index contributed by atoms with van der Waals surface area (Å²) in [5.41, 5.74) is 0. The number of rotatable bonds is 3. The summed E-state index contributed by atoms with van der Waals surface area (Å²) in [6, 6.07) is 0.416. The fraction of sp³-hybridized carbons (Fsp3) is 0.900. The zero-order valence-electron chi connectivity index (χ0n) is 8.84. The molecule has 76 valence electrons. The molecule has 0 aromatic carbocycles. The molecule has 1 fully saturated rings. The average Bonchev–Trinajstić information content (AvgIpc) is 2.50. The second-order valence-corrected chi connectivity index (χ2v) is 3.74. The average molecular weight is 184 g/mol. The Kier molecular flexibility index (Phi) is 3.72. The van der Waals surface area contributed by atoms with E-state index in [1.165, 1.54) is 0 Å². The maximum Gasteiger partial charge on any atom is 0.0958 e. The van der Waals surface area contributed by atoms with Gasteiger partial charge in [0.25, 0.3) is 0 Å². The summed E-state index contributed by atoms with van der Waals surface area (Å²) in [5, 5.41) is 7.82. The number of nitrogens with one attached hydrogen (secondary N) is 1. The molecule has 13 heavy (non-hydrogen) atoms. The highest BCUT2D eigenvalue weighted by Crippen LogP contribution is 2.18. The van der Waals surface area contributed by atoms with Gasteiger partial charge in [0.15, 0.2) is 0 Å². The van der Waals surface area contributed by atoms with Gasteiger partial charge in [-0.05, 0) is 19.8 Å². The van der Waals surface area contributed by atoms with Crippen LogP contribution in [-0.2, 0) is 4.74 Å². The molecule has 0 aromatic heterocycles. The van der Waals surface area contributed by atoms with E-state index in [1.807, 2.05) is 7.05 Å². The minimum Gasteiger partial charge on any atom is -0.376 e. The maximum absolute atomic E-state index is 7.82. The SMILES string of the molecule is CCCC(=N)N(C)C1CCOC1C. The smallest absolute Gasteiger partial charge is 0.0958 e. The van der Waals surface area contributed by atoms with Crippen molar-refractivity contribution in [3.05, 3.63) is 0 Å². The lowest BCUT2D eigenvalue weighted by Crippen LogP contribution is -2.40. The van der Waals surface area contributed by atoms with Crippen LogP contribution in [0.1, 0.15) is 33.1 Å². The van der Waals surface area contributed by atoms with Crippen LogP contribution in [0.15, 0.2) is 0 Å². The molecular formula is C10H20N2O. The third-order valence-electron chi connectivity index (χ3n) is 2.75. The highest BCUT2D eigenvalue weighted by molar-refractivity contribution is 5.79. The van der Waals surface area contributed by atoms with Crippen LogP contribution in [0.4, 0.5) is 0 Å². The van der Waals surface area contributed by atoms with E-state index in [-0.39, 0.29) is 6.10 Å². The Bertz CT molecular complexity index is 182. The monoisotopic (exact) mass is 184 g/mol. The highest BCUT2D eigenvalue weighted by Gasteiger charge is 2.28. The van der Waals surface area contributed by atoms with E-state index < -0.39 is 0 Å². The lowest BCUT2D eigenvalue weighted by atomic mass is 10.1. The quantitative estimate of drug-likeness (QED) is 0.537. The van der Waals surface area contributed by atoms with Crippen molar-refractivity contribution in [3.8, 4) is 0 Å². The molecule has 0 amide bonds. The Morgan fingerprint density at radius 3 is 2.77 bits per heavy atom. The zero-order valence-corrected chi connectivity index (χ0v) is 8.84. The number of ether oxygens (including phenoxy) is 1. The van der Waals surface area contributed by atoms with E-state index >= 15 is 0 Å². The first-order chi connectivity index (χ1) is 6.16. The molecule has 0 saturated carbocycles. The Labute approximate surface area is 80.6 Å². The van der Waals surface area contributed by atoms with Gasteiger partial charge in [0.1, 0.15) is 0 Å². The van der Waals surface area contributed by atoms with Crippen molar-refractivity contribution < 1.29 is 4.74 Å². The molecule has 1 aliphatic heterocycles. The molecule has 1 N–H and O–H groups in total. The molecule has 0 aromatic rings. The van der Waals surface area contributed by atoms with Crippen LogP contribution in [0.5, 0.6) is 0 Å². The predicted octanol–water partition coefficient (Wildman–Crippen LogP) is 1.87. The van der Waals surface area contributed by atoms with Crippen LogP contribution in [0.2, 0.25) is 0 Å². The van der Waals surface area contributed by atoms with Gasteiger partial charge in [-0.1, -0.05) is 6.92 Å². The molecule has 0 bridgehead atoms. The van der Waals surface area contributed by atoms with Gasteiger partial charge in [-0.25, -0.2) is 0 Å². The maximum atomic E-state index is 7.82. The van der Waals surface area contributed by atoms with E-state index in [0.29, 0.717) is 6.04 Å². The fourth-order valence-electron chi connectivity index (χ4n) is 1.84. The number of amidine groups is 1. The molecule has 1 aliphatic rings. The summed E-state index contributed by atoms with van der Waals surface area (Å²) in [4.78, 5) is 2.07. The van der Waals surface area contributed by atoms with Crippen molar-refractivity contribution in [2.24, 2.45) is 0 Å². The van der Waals surface area contributed by atoms with E-state index in [1.54, 1.807) is 0 Å². The van der Waals surface area contributed by atoms with E-state index in [0.717, 1.165) is 31.7 Å². The van der Waals surface area contributed by atoms with Gasteiger partial charge in [-0.15, -0.1) is 0 Å². The van der Waals surface area contributed by atoms with Crippen LogP contribution in [0, 0.1) is 5.41 Å². The predicted molar refractivity (Wildman–Crippen MR) is 54.2 cm³/mol. The van der Waals surface area contributed by atoms with Crippen molar-refractivity contribution in [3.63, 3.8) is 0 Å². The Hall–Kier alpha value is -0.570. The molecule has 0 aliphatic carbocycles. The van der Waals surface area contributed by atoms with Gasteiger partial charge >= 0.3 is 0 Å². The van der Waals surface area contributed by atoms with Crippen molar-refractivity contribution in [2.75, 3.05) is 13.7 Å². The molecule has 3 nitrogen and oxygen atoms in total. The molecule has 1 heterocycles. The largest absolute Gasteiger partial charge is 0.376 e. The van der Waals surface area contributed by atoms with Crippen molar-refractivity contribution in [1.29, 1.82) is 5.41 Å². The summed E-state index contributed by atoms with van der Waals surface area (Å²) in [6.45, 7) is 5.04. The topological polar surface area (TPSA) is 36.3 Å². The van der Waals surface area contributed by atoms with Gasteiger partial charge in [-0.3, -0.25) is 5.41 Å². The van der Waals surface area contributed by atoms with Crippen LogP contribution in [-0.4, -0.2) is 36.5 Å². The normalized spacial score (nSPS) is 27.6. The van der Waals surface area contributed by atoms with Gasteiger partial charge in [0.05, 0.1) is 18.0 Å². The highest BCUT2D eigenvalue weighted by atomic mass is 16.5. The summed E-state index contributed by atoms with van der Waals surface area (Å²) in [6.07, 6.45) is 3.26. The molecule has 1 saturated heterocycles. The summed E-state index contributed by atoms with van der Waals surface area (Å²) in [7, 11) is 2.01. The fourth-order valence-corrected chi connectivity index (χ4v) is 1.84. The minimum atomic E-state index is 0.280. The molecule has 0 spiro atoms. The molecule has 2 atom stereocenters. The van der Waals surface area contributed by atoms with E-state index in [9.17, 15) is 0 Å². The summed E-state index contributed by atoms with van der Waals surface area (Å²) < 4.78 is 5.48. The number of likely N-dealkylation sites (N-methyl/N-ethyl adjacent to an activating group) is 1. The molecule has 0 radical (unpaired) electrons. The molecule has 1 rings (SSSR count). The van der Waals surface area contributed by atoms with Crippen LogP contribution in [0.3, 0.4) is 0 Å². The first kappa shape index (κ1) is 10.5.